The van der Waals surface area contributed by atoms with Crippen molar-refractivity contribution >= 4 is 5.96 Å². The number of hydrogen-bond donors (Lipinski definition) is 2. The van der Waals surface area contributed by atoms with Gasteiger partial charge < -0.3 is 4.90 Å². The van der Waals surface area contributed by atoms with E-state index in [0.29, 0.717) is 0 Å². The first kappa shape index (κ1) is 7.77. The third-order valence-electron chi connectivity index (χ3n) is 1.62. The van der Waals surface area contributed by atoms with Gasteiger partial charge in [-0.1, -0.05) is 5.43 Å². The Morgan fingerprint density at radius 2 is 2.09 bits per heavy atom. The van der Waals surface area contributed by atoms with Gasteiger partial charge in [0.05, 0.1) is 0 Å². The largest absolute Gasteiger partial charge is 0.339 e. The van der Waals surface area contributed by atoms with Gasteiger partial charge in [0.25, 0.3) is 5.96 Å². The first-order chi connectivity index (χ1) is 5.20. The van der Waals surface area contributed by atoms with Gasteiger partial charge in [0.1, 0.15) is 0 Å². The number of likely N-dealkylation sites (tertiary alicyclic amines) is 1. The van der Waals surface area contributed by atoms with Crippen molar-refractivity contribution in [1.82, 2.24) is 10.3 Å². The van der Waals surface area contributed by atoms with Crippen LogP contribution in [0.3, 0.4) is 0 Å². The van der Waals surface area contributed by atoms with E-state index < -0.39 is 5.03 Å². The summed E-state index contributed by atoms with van der Waals surface area (Å²) in [6, 6.07) is 0. The molecule has 0 aromatic heterocycles. The van der Waals surface area contributed by atoms with Crippen LogP contribution < -0.4 is 5.43 Å². The van der Waals surface area contributed by atoms with Crippen LogP contribution in [0.5, 0.6) is 0 Å². The second kappa shape index (κ2) is 3.18. The van der Waals surface area contributed by atoms with E-state index in [0.717, 1.165) is 25.9 Å². The van der Waals surface area contributed by atoms with Crippen molar-refractivity contribution in [2.24, 2.45) is 0 Å². The van der Waals surface area contributed by atoms with Crippen molar-refractivity contribution in [2.45, 2.75) is 12.8 Å². The molecule has 0 saturated carbocycles. The molecular formula is C5H10N4O2. The number of nitrogens with zero attached hydrogens (tertiary/aromatic N) is 2. The second-order valence-corrected chi connectivity index (χ2v) is 2.41. The number of nitro groups is 1. The van der Waals surface area contributed by atoms with Crippen molar-refractivity contribution in [1.29, 1.82) is 5.41 Å². The minimum Gasteiger partial charge on any atom is -0.339 e. The van der Waals surface area contributed by atoms with Gasteiger partial charge in [0, 0.05) is 13.1 Å². The van der Waals surface area contributed by atoms with E-state index in [1.807, 2.05) is 5.43 Å². The van der Waals surface area contributed by atoms with Crippen molar-refractivity contribution in [3.05, 3.63) is 10.1 Å². The highest BCUT2D eigenvalue weighted by molar-refractivity contribution is 5.75. The Hall–Kier alpha value is -1.33. The Bertz CT molecular complexity index is 175. The smallest absolute Gasteiger partial charge is 0.254 e. The molecule has 1 aliphatic rings. The van der Waals surface area contributed by atoms with E-state index >= 15 is 0 Å². The molecule has 1 heterocycles. The Morgan fingerprint density at radius 1 is 1.55 bits per heavy atom. The summed E-state index contributed by atoms with van der Waals surface area (Å²) in [5, 5.41) is 16.4. The molecule has 1 saturated heterocycles. The van der Waals surface area contributed by atoms with Crippen molar-refractivity contribution in [3.63, 3.8) is 0 Å². The van der Waals surface area contributed by atoms with Crippen LogP contribution in [0.2, 0.25) is 0 Å². The molecule has 6 nitrogen and oxygen atoms in total. The van der Waals surface area contributed by atoms with Crippen LogP contribution in [0.15, 0.2) is 0 Å². The van der Waals surface area contributed by atoms with E-state index in [-0.39, 0.29) is 5.96 Å². The average molecular weight is 158 g/mol. The Morgan fingerprint density at radius 3 is 2.55 bits per heavy atom. The lowest BCUT2D eigenvalue weighted by molar-refractivity contribution is -0.526. The fraction of sp³-hybridized carbons (Fsp3) is 0.800. The minimum absolute atomic E-state index is 0.104. The molecule has 0 aromatic rings. The van der Waals surface area contributed by atoms with Crippen LogP contribution in [-0.4, -0.2) is 29.0 Å². The molecule has 0 spiro atoms. The monoisotopic (exact) mass is 158 g/mol. The van der Waals surface area contributed by atoms with Crippen molar-refractivity contribution < 1.29 is 5.03 Å². The van der Waals surface area contributed by atoms with E-state index in [1.165, 1.54) is 0 Å². The van der Waals surface area contributed by atoms with E-state index in [1.54, 1.807) is 4.90 Å². The molecule has 0 unspecified atom stereocenters. The van der Waals surface area contributed by atoms with Crippen LogP contribution in [0.1, 0.15) is 12.8 Å². The lowest BCUT2D eigenvalue weighted by Crippen LogP contribution is -2.41. The SMILES string of the molecule is N=C(N[N+](=O)[O-])N1CCCC1. The summed E-state index contributed by atoms with van der Waals surface area (Å²) in [4.78, 5) is 11.5. The Labute approximate surface area is 63.8 Å². The third kappa shape index (κ3) is 2.06. The van der Waals surface area contributed by atoms with Crippen molar-refractivity contribution in [2.75, 3.05) is 13.1 Å². The van der Waals surface area contributed by atoms with Crippen LogP contribution in [0, 0.1) is 15.5 Å². The molecule has 62 valence electrons. The molecule has 0 radical (unpaired) electrons. The summed E-state index contributed by atoms with van der Waals surface area (Å²) >= 11 is 0. The molecule has 1 aliphatic heterocycles. The average Bonchev–Trinajstić information content (AvgIpc) is 2.35. The highest BCUT2D eigenvalue weighted by Gasteiger charge is 2.17. The number of hydrogen-bond acceptors (Lipinski definition) is 3. The quantitative estimate of drug-likeness (QED) is 0.239. The zero-order valence-corrected chi connectivity index (χ0v) is 6.04. The summed E-state index contributed by atoms with van der Waals surface area (Å²) in [7, 11) is 0. The van der Waals surface area contributed by atoms with Gasteiger partial charge in [-0.25, -0.2) is 10.1 Å². The normalized spacial score (nSPS) is 16.5. The summed E-state index contributed by atoms with van der Waals surface area (Å²) in [5.74, 6) is -0.104. The van der Waals surface area contributed by atoms with Gasteiger partial charge in [-0.15, -0.1) is 0 Å². The number of hydrazine groups is 1. The van der Waals surface area contributed by atoms with E-state index in [4.69, 9.17) is 5.41 Å². The van der Waals surface area contributed by atoms with Gasteiger partial charge in [-0.3, -0.25) is 5.41 Å². The number of guanidine groups is 1. The Balaban J connectivity index is 2.34. The predicted octanol–water partition coefficient (Wildman–Crippen LogP) is -0.202. The highest BCUT2D eigenvalue weighted by atomic mass is 16.7. The molecule has 1 fully saturated rings. The molecule has 0 atom stereocenters. The molecule has 6 heteroatoms. The molecule has 1 rings (SSSR count). The van der Waals surface area contributed by atoms with Gasteiger partial charge >= 0.3 is 0 Å². The summed E-state index contributed by atoms with van der Waals surface area (Å²) in [6.07, 6.45) is 2.03. The van der Waals surface area contributed by atoms with E-state index in [2.05, 4.69) is 0 Å². The first-order valence-electron chi connectivity index (χ1n) is 3.44. The topological polar surface area (TPSA) is 82.3 Å². The second-order valence-electron chi connectivity index (χ2n) is 2.41. The molecular weight excluding hydrogens is 148 g/mol. The van der Waals surface area contributed by atoms with Gasteiger partial charge in [-0.2, -0.15) is 0 Å². The molecule has 0 aromatic carbocycles. The molecule has 0 bridgehead atoms. The van der Waals surface area contributed by atoms with E-state index in [9.17, 15) is 10.1 Å². The zero-order chi connectivity index (χ0) is 8.27. The predicted molar refractivity (Wildman–Crippen MR) is 38.7 cm³/mol. The van der Waals surface area contributed by atoms with Gasteiger partial charge in [0.2, 0.25) is 0 Å². The maximum atomic E-state index is 9.89. The number of rotatable bonds is 1. The zero-order valence-electron chi connectivity index (χ0n) is 6.04. The minimum atomic E-state index is -0.708. The standard InChI is InChI=1S/C5H10N4O2/c6-5(7-9(10)11)8-3-1-2-4-8/h1-4H2,(H2,6,7). The Kier molecular flexibility index (Phi) is 2.25. The maximum absolute atomic E-state index is 9.89. The maximum Gasteiger partial charge on any atom is 0.254 e. The lowest BCUT2D eigenvalue weighted by Gasteiger charge is -2.14. The fourth-order valence-electron chi connectivity index (χ4n) is 1.10. The third-order valence-corrected chi connectivity index (χ3v) is 1.62. The van der Waals surface area contributed by atoms with Crippen molar-refractivity contribution in [3.8, 4) is 0 Å². The van der Waals surface area contributed by atoms with Gasteiger partial charge in [0.15, 0.2) is 5.03 Å². The van der Waals surface area contributed by atoms with Gasteiger partial charge in [-0.05, 0) is 12.8 Å². The van der Waals surface area contributed by atoms with Crippen LogP contribution >= 0.6 is 0 Å². The van der Waals surface area contributed by atoms with Crippen LogP contribution in [0.4, 0.5) is 0 Å². The summed E-state index contributed by atoms with van der Waals surface area (Å²) < 4.78 is 0. The number of nitrogens with one attached hydrogen (secondary N) is 2. The van der Waals surface area contributed by atoms with Crippen LogP contribution in [0.25, 0.3) is 0 Å². The first-order valence-corrected chi connectivity index (χ1v) is 3.44. The summed E-state index contributed by atoms with van der Waals surface area (Å²) in [5.41, 5.74) is 1.82. The lowest BCUT2D eigenvalue weighted by atomic mass is 10.4. The molecule has 11 heavy (non-hydrogen) atoms. The molecule has 0 amide bonds. The molecule has 0 aliphatic carbocycles. The summed E-state index contributed by atoms with van der Waals surface area (Å²) in [6.45, 7) is 1.50. The highest BCUT2D eigenvalue weighted by Crippen LogP contribution is 2.05. The van der Waals surface area contributed by atoms with Crippen LogP contribution in [-0.2, 0) is 0 Å². The molecule has 2 N–H and O–H groups in total. The fourth-order valence-corrected chi connectivity index (χ4v) is 1.10.